The maximum absolute atomic E-state index is 11.9. The minimum atomic E-state index is -0.0318. The van der Waals surface area contributed by atoms with Gasteiger partial charge in [0.25, 0.3) is 0 Å². The van der Waals surface area contributed by atoms with Crippen molar-refractivity contribution in [1.82, 2.24) is 0 Å². The van der Waals surface area contributed by atoms with Gasteiger partial charge in [-0.3, -0.25) is 4.79 Å². The highest BCUT2D eigenvalue weighted by atomic mass is 16.1. The molecule has 0 aliphatic carbocycles. The number of benzene rings is 1. The lowest BCUT2D eigenvalue weighted by molar-refractivity contribution is -0.118. The maximum atomic E-state index is 11.9. The van der Waals surface area contributed by atoms with Crippen LogP contribution in [0, 0.1) is 5.92 Å². The second kappa shape index (κ2) is 5.95. The molecule has 1 aliphatic heterocycles. The van der Waals surface area contributed by atoms with Gasteiger partial charge in [-0.1, -0.05) is 13.8 Å². The van der Waals surface area contributed by atoms with Crippen LogP contribution >= 0.6 is 0 Å². The molecule has 104 valence electrons. The second-order valence-corrected chi connectivity index (χ2v) is 5.47. The molecule has 1 saturated heterocycles. The summed E-state index contributed by atoms with van der Waals surface area (Å²) in [6.07, 6.45) is 3.71. The van der Waals surface area contributed by atoms with Crippen molar-refractivity contribution in [3.63, 3.8) is 0 Å². The van der Waals surface area contributed by atoms with Gasteiger partial charge in [0, 0.05) is 24.7 Å². The van der Waals surface area contributed by atoms with Gasteiger partial charge in [-0.2, -0.15) is 0 Å². The molecule has 1 heterocycles. The Morgan fingerprint density at radius 1 is 1.26 bits per heavy atom. The second-order valence-electron chi connectivity index (χ2n) is 5.47. The summed E-state index contributed by atoms with van der Waals surface area (Å²) in [6.45, 7) is 5.88. The first-order chi connectivity index (χ1) is 9.08. The van der Waals surface area contributed by atoms with E-state index in [9.17, 15) is 4.79 Å². The Bertz CT molecular complexity index is 451. The molecule has 0 bridgehead atoms. The zero-order chi connectivity index (χ0) is 13.8. The lowest BCUT2D eigenvalue weighted by atomic mass is 10.1. The Balaban J connectivity index is 2.24. The highest BCUT2D eigenvalue weighted by Crippen LogP contribution is 2.30. The van der Waals surface area contributed by atoms with Crippen molar-refractivity contribution in [3.05, 3.63) is 18.2 Å². The smallest absolute Gasteiger partial charge is 0.226 e. The number of hydrogen-bond donors (Lipinski definition) is 2. The van der Waals surface area contributed by atoms with Crippen LogP contribution < -0.4 is 16.0 Å². The lowest BCUT2D eigenvalue weighted by Gasteiger charge is -2.30. The Morgan fingerprint density at radius 3 is 2.58 bits per heavy atom. The first kappa shape index (κ1) is 13.7. The summed E-state index contributed by atoms with van der Waals surface area (Å²) in [7, 11) is 0. The molecule has 2 rings (SSSR count). The van der Waals surface area contributed by atoms with Gasteiger partial charge in [0.2, 0.25) is 5.91 Å². The summed E-state index contributed by atoms with van der Waals surface area (Å²) in [6, 6.07) is 5.76. The van der Waals surface area contributed by atoms with Gasteiger partial charge in [0.05, 0.1) is 11.4 Å². The van der Waals surface area contributed by atoms with E-state index in [4.69, 9.17) is 5.73 Å². The van der Waals surface area contributed by atoms with Gasteiger partial charge in [-0.25, -0.2) is 0 Å². The van der Waals surface area contributed by atoms with Crippen LogP contribution in [0.2, 0.25) is 0 Å². The molecule has 1 aromatic rings. The Morgan fingerprint density at radius 2 is 1.95 bits per heavy atom. The van der Waals surface area contributed by atoms with E-state index in [1.54, 1.807) is 0 Å². The summed E-state index contributed by atoms with van der Waals surface area (Å²) >= 11 is 0. The van der Waals surface area contributed by atoms with E-state index in [-0.39, 0.29) is 11.8 Å². The molecule has 4 heteroatoms. The number of carbonyl (C=O) groups excluding carboxylic acids is 1. The van der Waals surface area contributed by atoms with Gasteiger partial charge < -0.3 is 16.0 Å². The number of carbonyl (C=O) groups is 1. The van der Waals surface area contributed by atoms with Gasteiger partial charge in [-0.05, 0) is 37.5 Å². The molecule has 1 aliphatic rings. The summed E-state index contributed by atoms with van der Waals surface area (Å²) in [5.41, 5.74) is 8.44. The van der Waals surface area contributed by atoms with Gasteiger partial charge >= 0.3 is 0 Å². The molecule has 3 N–H and O–H groups in total. The summed E-state index contributed by atoms with van der Waals surface area (Å²) in [4.78, 5) is 14.2. The molecule has 1 fully saturated rings. The predicted molar refractivity (Wildman–Crippen MR) is 80.4 cm³/mol. The average molecular weight is 261 g/mol. The number of hydrogen-bond acceptors (Lipinski definition) is 3. The van der Waals surface area contributed by atoms with Crippen LogP contribution in [0.1, 0.15) is 33.1 Å². The fraction of sp³-hybridized carbons (Fsp3) is 0.533. The standard InChI is InChI=1S/C15H23N3O/c1-11(2)15(19)17-13-10-12(16)6-7-14(13)18-8-4-3-5-9-18/h6-7,10-11H,3-5,8-9,16H2,1-2H3,(H,17,19). The average Bonchev–Trinajstić information content (AvgIpc) is 2.39. The highest BCUT2D eigenvalue weighted by molar-refractivity contribution is 5.96. The largest absolute Gasteiger partial charge is 0.399 e. The first-order valence-electron chi connectivity index (χ1n) is 7.03. The van der Waals surface area contributed by atoms with Crippen molar-refractivity contribution in [3.8, 4) is 0 Å². The topological polar surface area (TPSA) is 58.4 Å². The molecule has 4 nitrogen and oxygen atoms in total. The molecule has 0 spiro atoms. The molecular weight excluding hydrogens is 238 g/mol. The SMILES string of the molecule is CC(C)C(=O)Nc1cc(N)ccc1N1CCCCC1. The molecule has 0 aromatic heterocycles. The monoisotopic (exact) mass is 261 g/mol. The molecule has 0 saturated carbocycles. The number of nitrogens with one attached hydrogen (secondary N) is 1. The molecule has 1 aromatic carbocycles. The highest BCUT2D eigenvalue weighted by Gasteiger charge is 2.17. The molecule has 0 atom stereocenters. The zero-order valence-electron chi connectivity index (χ0n) is 11.8. The molecule has 1 amide bonds. The number of anilines is 3. The van der Waals surface area contributed by atoms with Crippen molar-refractivity contribution in [1.29, 1.82) is 0 Å². The molecule has 0 radical (unpaired) electrons. The molecule has 19 heavy (non-hydrogen) atoms. The Labute approximate surface area is 115 Å². The third-order valence-electron chi connectivity index (χ3n) is 3.50. The fourth-order valence-corrected chi connectivity index (χ4v) is 2.34. The molecular formula is C15H23N3O. The summed E-state index contributed by atoms with van der Waals surface area (Å²) < 4.78 is 0. The van der Waals surface area contributed by atoms with Crippen molar-refractivity contribution in [2.75, 3.05) is 29.0 Å². The normalized spacial score (nSPS) is 15.6. The van der Waals surface area contributed by atoms with Crippen molar-refractivity contribution in [2.45, 2.75) is 33.1 Å². The predicted octanol–water partition coefficient (Wildman–Crippen LogP) is 2.85. The zero-order valence-corrected chi connectivity index (χ0v) is 11.8. The fourth-order valence-electron chi connectivity index (χ4n) is 2.34. The quantitative estimate of drug-likeness (QED) is 0.823. The van der Waals surface area contributed by atoms with E-state index in [0.717, 1.165) is 24.5 Å². The third-order valence-corrected chi connectivity index (χ3v) is 3.50. The van der Waals surface area contributed by atoms with Gasteiger partial charge in [-0.15, -0.1) is 0 Å². The van der Waals surface area contributed by atoms with E-state index in [0.29, 0.717) is 5.69 Å². The number of nitrogens with zero attached hydrogens (tertiary/aromatic N) is 1. The van der Waals surface area contributed by atoms with Crippen LogP contribution in [0.3, 0.4) is 0 Å². The minimum absolute atomic E-state index is 0.0314. The van der Waals surface area contributed by atoms with E-state index in [2.05, 4.69) is 10.2 Å². The van der Waals surface area contributed by atoms with Crippen LogP contribution in [0.4, 0.5) is 17.1 Å². The number of piperidine rings is 1. The van der Waals surface area contributed by atoms with Crippen LogP contribution in [0.25, 0.3) is 0 Å². The van der Waals surface area contributed by atoms with Crippen molar-refractivity contribution >= 4 is 23.0 Å². The maximum Gasteiger partial charge on any atom is 0.226 e. The number of nitrogen functional groups attached to an aromatic ring is 1. The Kier molecular flexibility index (Phi) is 4.30. The van der Waals surface area contributed by atoms with Crippen molar-refractivity contribution < 1.29 is 4.79 Å². The third kappa shape index (κ3) is 3.40. The number of nitrogens with two attached hydrogens (primary N) is 1. The molecule has 0 unspecified atom stereocenters. The first-order valence-corrected chi connectivity index (χ1v) is 7.03. The van der Waals surface area contributed by atoms with Crippen LogP contribution in [-0.4, -0.2) is 19.0 Å². The van der Waals surface area contributed by atoms with Crippen molar-refractivity contribution in [2.24, 2.45) is 5.92 Å². The number of amides is 1. The van der Waals surface area contributed by atoms with E-state index < -0.39 is 0 Å². The Hall–Kier alpha value is -1.71. The van der Waals surface area contributed by atoms with Crippen LogP contribution in [-0.2, 0) is 4.79 Å². The van der Waals surface area contributed by atoms with E-state index >= 15 is 0 Å². The van der Waals surface area contributed by atoms with Crippen LogP contribution in [0.15, 0.2) is 18.2 Å². The summed E-state index contributed by atoms with van der Waals surface area (Å²) in [5, 5.41) is 2.99. The van der Waals surface area contributed by atoms with E-state index in [1.165, 1.54) is 19.3 Å². The summed E-state index contributed by atoms with van der Waals surface area (Å²) in [5.74, 6) is -0.000467. The van der Waals surface area contributed by atoms with E-state index in [1.807, 2.05) is 32.0 Å². The number of rotatable bonds is 3. The van der Waals surface area contributed by atoms with Gasteiger partial charge in [0.1, 0.15) is 0 Å². The van der Waals surface area contributed by atoms with Gasteiger partial charge in [0.15, 0.2) is 0 Å². The lowest BCUT2D eigenvalue weighted by Crippen LogP contribution is -2.30. The minimum Gasteiger partial charge on any atom is -0.399 e. The van der Waals surface area contributed by atoms with Crippen LogP contribution in [0.5, 0.6) is 0 Å².